The number of aromatic nitrogens is 2. The third kappa shape index (κ3) is 4.32. The smallest absolute Gasteiger partial charge is 0.267 e. The average Bonchev–Trinajstić information content (AvgIpc) is 3.03. The van der Waals surface area contributed by atoms with Crippen LogP contribution in [-0.2, 0) is 17.6 Å². The van der Waals surface area contributed by atoms with Gasteiger partial charge in [0.1, 0.15) is 4.83 Å². The molecule has 158 valence electrons. The van der Waals surface area contributed by atoms with Gasteiger partial charge in [-0.1, -0.05) is 36.9 Å². The summed E-state index contributed by atoms with van der Waals surface area (Å²) in [6.07, 6.45) is 3.05. The first kappa shape index (κ1) is 21.1. The molecule has 3 aromatic rings. The number of benzene rings is 1. The van der Waals surface area contributed by atoms with Crippen LogP contribution in [-0.4, -0.2) is 26.8 Å². The summed E-state index contributed by atoms with van der Waals surface area (Å²) in [6.45, 7) is 8.13. The highest BCUT2D eigenvalue weighted by atomic mass is 32.2. The lowest BCUT2D eigenvalue weighted by molar-refractivity contribution is -0.119. The summed E-state index contributed by atoms with van der Waals surface area (Å²) in [6, 6.07) is 9.58. The topological polar surface area (TPSA) is 64.0 Å². The number of nitrogens with zero attached hydrogens (tertiary/aromatic N) is 2. The van der Waals surface area contributed by atoms with Crippen LogP contribution in [0.3, 0.4) is 0 Å². The molecule has 1 atom stereocenters. The van der Waals surface area contributed by atoms with Crippen molar-refractivity contribution in [3.8, 4) is 5.69 Å². The number of hydrogen-bond donors (Lipinski definition) is 1. The Hall–Kier alpha value is -2.12. The molecule has 30 heavy (non-hydrogen) atoms. The van der Waals surface area contributed by atoms with Gasteiger partial charge in [-0.05, 0) is 63.6 Å². The molecule has 0 bridgehead atoms. The zero-order valence-corrected chi connectivity index (χ0v) is 19.5. The monoisotopic (exact) mass is 441 g/mol. The SMILES string of the molecule is CC1CCc2c(sc3nc(SCC(=O)NC(C)(C)C)n(-c4ccccc4)c(=O)c23)C1. The number of nitrogens with one attached hydrogen (secondary N) is 1. The van der Waals surface area contributed by atoms with Crippen molar-refractivity contribution >= 4 is 39.2 Å². The number of amides is 1. The number of fused-ring (bicyclic) bond motifs is 3. The maximum atomic E-state index is 13.7. The van der Waals surface area contributed by atoms with E-state index < -0.39 is 0 Å². The first-order valence-corrected chi connectivity index (χ1v) is 12.1. The predicted octanol–water partition coefficient (Wildman–Crippen LogP) is 4.58. The molecular weight excluding hydrogens is 414 g/mol. The molecule has 1 amide bonds. The third-order valence-corrected chi connectivity index (χ3v) is 7.25. The van der Waals surface area contributed by atoms with E-state index in [4.69, 9.17) is 4.98 Å². The van der Waals surface area contributed by atoms with Crippen LogP contribution in [0.1, 0.15) is 44.6 Å². The first-order valence-electron chi connectivity index (χ1n) is 10.3. The Labute approximate surface area is 184 Å². The van der Waals surface area contributed by atoms with Gasteiger partial charge in [0.25, 0.3) is 5.56 Å². The Bertz CT molecular complexity index is 1140. The number of carbonyl (C=O) groups is 1. The maximum Gasteiger partial charge on any atom is 0.267 e. The fourth-order valence-electron chi connectivity index (χ4n) is 3.86. The van der Waals surface area contributed by atoms with Crippen LogP contribution in [0, 0.1) is 5.92 Å². The van der Waals surface area contributed by atoms with E-state index in [0.29, 0.717) is 11.1 Å². The molecule has 0 aliphatic heterocycles. The van der Waals surface area contributed by atoms with Gasteiger partial charge in [0, 0.05) is 10.4 Å². The summed E-state index contributed by atoms with van der Waals surface area (Å²) < 4.78 is 1.67. The van der Waals surface area contributed by atoms with E-state index in [-0.39, 0.29) is 22.8 Å². The molecule has 1 aromatic carbocycles. The van der Waals surface area contributed by atoms with Gasteiger partial charge in [-0.15, -0.1) is 11.3 Å². The normalized spacial score (nSPS) is 16.5. The zero-order valence-electron chi connectivity index (χ0n) is 17.8. The van der Waals surface area contributed by atoms with Gasteiger partial charge in [-0.25, -0.2) is 4.98 Å². The van der Waals surface area contributed by atoms with E-state index in [1.165, 1.54) is 22.2 Å². The quantitative estimate of drug-likeness (QED) is 0.475. The summed E-state index contributed by atoms with van der Waals surface area (Å²) >= 11 is 2.95. The Balaban J connectivity index is 1.80. The summed E-state index contributed by atoms with van der Waals surface area (Å²) in [4.78, 5) is 33.0. The van der Waals surface area contributed by atoms with Crippen LogP contribution in [0.4, 0.5) is 0 Å². The van der Waals surface area contributed by atoms with Crippen molar-refractivity contribution < 1.29 is 4.79 Å². The van der Waals surface area contributed by atoms with Crippen LogP contribution >= 0.6 is 23.1 Å². The maximum absolute atomic E-state index is 13.7. The third-order valence-electron chi connectivity index (χ3n) is 5.16. The van der Waals surface area contributed by atoms with Crippen molar-refractivity contribution in [2.45, 2.75) is 57.7 Å². The van der Waals surface area contributed by atoms with Crippen LogP contribution in [0.25, 0.3) is 15.9 Å². The molecule has 2 aromatic heterocycles. The molecule has 0 fully saturated rings. The van der Waals surface area contributed by atoms with E-state index >= 15 is 0 Å². The standard InChI is InChI=1S/C23H27N3O2S2/c1-14-10-11-16-17(12-14)30-20-19(16)21(28)26(15-8-6-5-7-9-15)22(24-20)29-13-18(27)25-23(2,3)4/h5-9,14H,10-13H2,1-4H3,(H,25,27). The molecule has 7 heteroatoms. The number of hydrogen-bond acceptors (Lipinski definition) is 5. The fourth-order valence-corrected chi connectivity index (χ4v) is 6.09. The largest absolute Gasteiger partial charge is 0.351 e. The van der Waals surface area contributed by atoms with Gasteiger partial charge in [0.2, 0.25) is 5.91 Å². The van der Waals surface area contributed by atoms with Crippen molar-refractivity contribution in [3.63, 3.8) is 0 Å². The summed E-state index contributed by atoms with van der Waals surface area (Å²) in [5, 5.41) is 4.30. The van der Waals surface area contributed by atoms with Gasteiger partial charge in [-0.2, -0.15) is 0 Å². The van der Waals surface area contributed by atoms with Crippen LogP contribution in [0.15, 0.2) is 40.3 Å². The Morgan fingerprint density at radius 1 is 1.30 bits per heavy atom. The number of thiophene rings is 1. The second kappa shape index (κ2) is 8.19. The first-order chi connectivity index (χ1) is 14.2. The number of carbonyl (C=O) groups excluding carboxylic acids is 1. The predicted molar refractivity (Wildman–Crippen MR) is 125 cm³/mol. The van der Waals surface area contributed by atoms with E-state index in [0.717, 1.165) is 35.2 Å². The number of aryl methyl sites for hydroxylation is 1. The zero-order chi connectivity index (χ0) is 21.5. The van der Waals surface area contributed by atoms with Gasteiger partial charge in [-0.3, -0.25) is 14.2 Å². The van der Waals surface area contributed by atoms with E-state index in [1.807, 2.05) is 51.1 Å². The summed E-state index contributed by atoms with van der Waals surface area (Å²) in [5.41, 5.74) is 1.63. The van der Waals surface area contributed by atoms with E-state index in [9.17, 15) is 9.59 Å². The molecule has 1 aliphatic carbocycles. The van der Waals surface area contributed by atoms with Gasteiger partial charge in [0.15, 0.2) is 5.16 Å². The molecular formula is C23H27N3O2S2. The molecule has 1 N–H and O–H groups in total. The molecule has 5 nitrogen and oxygen atoms in total. The Morgan fingerprint density at radius 2 is 2.03 bits per heavy atom. The van der Waals surface area contributed by atoms with Gasteiger partial charge < -0.3 is 5.32 Å². The molecule has 4 rings (SSSR count). The van der Waals surface area contributed by atoms with Crippen molar-refractivity contribution in [2.75, 3.05) is 5.75 Å². The highest BCUT2D eigenvalue weighted by molar-refractivity contribution is 7.99. The van der Waals surface area contributed by atoms with Crippen molar-refractivity contribution in [2.24, 2.45) is 5.92 Å². The highest BCUT2D eigenvalue weighted by Crippen LogP contribution is 2.37. The van der Waals surface area contributed by atoms with Gasteiger partial charge >= 0.3 is 0 Å². The Morgan fingerprint density at radius 3 is 2.73 bits per heavy atom. The lowest BCUT2D eigenvalue weighted by Crippen LogP contribution is -2.41. The number of para-hydroxylation sites is 1. The molecule has 0 saturated heterocycles. The fraction of sp³-hybridized carbons (Fsp3) is 0.435. The van der Waals surface area contributed by atoms with Gasteiger partial charge in [0.05, 0.1) is 16.8 Å². The van der Waals surface area contributed by atoms with Crippen LogP contribution < -0.4 is 10.9 Å². The Kier molecular flexibility index (Phi) is 5.77. The lowest BCUT2D eigenvalue weighted by atomic mass is 9.89. The van der Waals surface area contributed by atoms with Crippen molar-refractivity contribution in [1.82, 2.24) is 14.9 Å². The minimum absolute atomic E-state index is 0.0306. The molecule has 0 radical (unpaired) electrons. The molecule has 2 heterocycles. The van der Waals surface area contributed by atoms with Crippen molar-refractivity contribution in [3.05, 3.63) is 51.1 Å². The molecule has 0 saturated carbocycles. The minimum Gasteiger partial charge on any atom is -0.351 e. The van der Waals surface area contributed by atoms with E-state index in [2.05, 4.69) is 12.2 Å². The van der Waals surface area contributed by atoms with Crippen molar-refractivity contribution in [1.29, 1.82) is 0 Å². The van der Waals surface area contributed by atoms with Crippen LogP contribution in [0.5, 0.6) is 0 Å². The number of thioether (sulfide) groups is 1. The summed E-state index contributed by atoms with van der Waals surface area (Å²) in [5.74, 6) is 0.780. The average molecular weight is 442 g/mol. The van der Waals surface area contributed by atoms with E-state index in [1.54, 1.807) is 15.9 Å². The molecule has 0 spiro atoms. The minimum atomic E-state index is -0.294. The molecule has 1 unspecified atom stereocenters. The second-order valence-electron chi connectivity index (χ2n) is 8.99. The second-order valence-corrected chi connectivity index (χ2v) is 11.0. The lowest BCUT2D eigenvalue weighted by Gasteiger charge is -2.20. The summed E-state index contributed by atoms with van der Waals surface area (Å²) in [7, 11) is 0. The van der Waals surface area contributed by atoms with Crippen LogP contribution in [0.2, 0.25) is 0 Å². The number of rotatable bonds is 4. The highest BCUT2D eigenvalue weighted by Gasteiger charge is 2.25. The molecule has 1 aliphatic rings.